The van der Waals surface area contributed by atoms with Crippen molar-refractivity contribution < 1.29 is 18.3 Å². The summed E-state index contributed by atoms with van der Waals surface area (Å²) in [7, 11) is 1.84. The summed E-state index contributed by atoms with van der Waals surface area (Å²) in [6.07, 6.45) is 4.19. The van der Waals surface area contributed by atoms with E-state index in [1.807, 2.05) is 13.2 Å². The predicted molar refractivity (Wildman–Crippen MR) is 83.1 cm³/mol. The maximum absolute atomic E-state index is 13.6. The zero-order valence-corrected chi connectivity index (χ0v) is 13.3. The van der Waals surface area contributed by atoms with Gasteiger partial charge in [-0.05, 0) is 12.5 Å². The highest BCUT2D eigenvalue weighted by Gasteiger charge is 2.30. The quantitative estimate of drug-likeness (QED) is 0.911. The first-order valence-electron chi connectivity index (χ1n) is 7.84. The van der Waals surface area contributed by atoms with Crippen molar-refractivity contribution in [2.24, 2.45) is 13.0 Å². The minimum Gasteiger partial charge on any atom is -0.373 e. The Hall–Kier alpha value is -2.28. The summed E-state index contributed by atoms with van der Waals surface area (Å²) in [5.41, 5.74) is 1.03. The van der Waals surface area contributed by atoms with Crippen LogP contribution in [0.5, 0.6) is 0 Å². The molecule has 0 unspecified atom stereocenters. The average molecular weight is 335 g/mol. The lowest BCUT2D eigenvalue weighted by Crippen LogP contribution is -2.31. The van der Waals surface area contributed by atoms with Gasteiger partial charge in [0, 0.05) is 43.4 Å². The third-order valence-corrected chi connectivity index (χ3v) is 4.21. The van der Waals surface area contributed by atoms with Gasteiger partial charge in [0.1, 0.15) is 0 Å². The van der Waals surface area contributed by atoms with Gasteiger partial charge >= 0.3 is 0 Å². The van der Waals surface area contributed by atoms with Crippen LogP contribution < -0.4 is 5.32 Å². The lowest BCUT2D eigenvalue weighted by molar-refractivity contribution is -0.120. The summed E-state index contributed by atoms with van der Waals surface area (Å²) >= 11 is 0. The highest BCUT2D eigenvalue weighted by molar-refractivity contribution is 5.78. The molecule has 0 aliphatic carbocycles. The Labute approximate surface area is 138 Å². The number of amides is 1. The normalized spacial score (nSPS) is 20.3. The van der Waals surface area contributed by atoms with Crippen LogP contribution in [0.4, 0.5) is 8.78 Å². The molecule has 1 aliphatic rings. The number of rotatable bonds is 5. The topological polar surface area (TPSA) is 56.1 Å². The van der Waals surface area contributed by atoms with Crippen LogP contribution in [0.25, 0.3) is 0 Å². The van der Waals surface area contributed by atoms with E-state index in [-0.39, 0.29) is 29.9 Å². The third kappa shape index (κ3) is 3.62. The Morgan fingerprint density at radius 1 is 1.46 bits per heavy atom. The first-order chi connectivity index (χ1) is 11.5. The molecule has 1 aliphatic heterocycles. The molecular formula is C17H19F2N3O2. The number of nitrogens with zero attached hydrogens (tertiary/aromatic N) is 2. The van der Waals surface area contributed by atoms with Crippen molar-refractivity contribution in [3.63, 3.8) is 0 Å². The van der Waals surface area contributed by atoms with Crippen LogP contribution in [-0.2, 0) is 23.0 Å². The minimum absolute atomic E-state index is 0.0546. The summed E-state index contributed by atoms with van der Waals surface area (Å²) in [5, 5.41) is 6.93. The first-order valence-corrected chi connectivity index (χ1v) is 7.84. The molecule has 1 saturated heterocycles. The molecule has 0 bridgehead atoms. The van der Waals surface area contributed by atoms with E-state index in [2.05, 4.69) is 10.4 Å². The molecule has 1 fully saturated rings. The van der Waals surface area contributed by atoms with E-state index in [9.17, 15) is 13.6 Å². The van der Waals surface area contributed by atoms with Gasteiger partial charge < -0.3 is 10.1 Å². The molecule has 5 nitrogen and oxygen atoms in total. The maximum atomic E-state index is 13.6. The van der Waals surface area contributed by atoms with Crippen LogP contribution in [0.15, 0.2) is 30.6 Å². The van der Waals surface area contributed by atoms with Gasteiger partial charge in [-0.25, -0.2) is 8.78 Å². The van der Waals surface area contributed by atoms with Gasteiger partial charge in [-0.3, -0.25) is 9.48 Å². The fourth-order valence-electron chi connectivity index (χ4n) is 2.96. The second-order valence-electron chi connectivity index (χ2n) is 5.98. The number of aryl methyl sites for hydroxylation is 1. The van der Waals surface area contributed by atoms with Crippen molar-refractivity contribution in [2.75, 3.05) is 13.2 Å². The number of benzene rings is 1. The largest absolute Gasteiger partial charge is 0.373 e. The molecule has 0 radical (unpaired) electrons. The van der Waals surface area contributed by atoms with E-state index in [0.717, 1.165) is 18.1 Å². The molecule has 1 aromatic heterocycles. The van der Waals surface area contributed by atoms with Crippen LogP contribution in [-0.4, -0.2) is 28.8 Å². The average Bonchev–Trinajstić information content (AvgIpc) is 3.18. The van der Waals surface area contributed by atoms with E-state index in [4.69, 9.17) is 4.74 Å². The van der Waals surface area contributed by atoms with Crippen molar-refractivity contribution in [1.82, 2.24) is 15.1 Å². The monoisotopic (exact) mass is 335 g/mol. The van der Waals surface area contributed by atoms with Gasteiger partial charge in [0.05, 0.1) is 18.7 Å². The molecule has 0 spiro atoms. The lowest BCUT2D eigenvalue weighted by atomic mass is 9.97. The Bertz CT molecular complexity index is 732. The van der Waals surface area contributed by atoms with Gasteiger partial charge in [0.25, 0.3) is 0 Å². The van der Waals surface area contributed by atoms with Crippen molar-refractivity contribution in [3.8, 4) is 0 Å². The van der Waals surface area contributed by atoms with Gasteiger partial charge in [0.2, 0.25) is 5.91 Å². The molecule has 1 aromatic carbocycles. The van der Waals surface area contributed by atoms with E-state index in [1.54, 1.807) is 10.9 Å². The van der Waals surface area contributed by atoms with Gasteiger partial charge in [0.15, 0.2) is 11.6 Å². The summed E-state index contributed by atoms with van der Waals surface area (Å²) in [4.78, 5) is 12.0. The molecule has 2 heterocycles. The summed E-state index contributed by atoms with van der Waals surface area (Å²) in [5.74, 6) is -2.11. The summed E-state index contributed by atoms with van der Waals surface area (Å²) in [6.45, 7) is 1.05. The molecule has 24 heavy (non-hydrogen) atoms. The standard InChI is InChI=1S/C17H19F2N3O2/c1-22-10-13(9-21-22)17-12(5-6-24-17)8-20-15(23)7-11-3-2-4-14(18)16(11)19/h2-4,9-10,12,17H,5-8H2,1H3,(H,20,23)/t12-,17+/m0/s1. The Balaban J connectivity index is 1.56. The van der Waals surface area contributed by atoms with Crippen molar-refractivity contribution in [2.45, 2.75) is 18.9 Å². The predicted octanol–water partition coefficient (Wildman–Crippen LogP) is 2.13. The Morgan fingerprint density at radius 2 is 2.29 bits per heavy atom. The Kier molecular flexibility index (Phi) is 4.89. The number of nitrogens with one attached hydrogen (secondary N) is 1. The third-order valence-electron chi connectivity index (χ3n) is 4.21. The van der Waals surface area contributed by atoms with E-state index in [0.29, 0.717) is 13.2 Å². The SMILES string of the molecule is Cn1cc([C@@H]2OCC[C@H]2CNC(=O)Cc2cccc(F)c2F)cn1. The van der Waals surface area contributed by atoms with Crippen LogP contribution in [0, 0.1) is 17.6 Å². The number of carbonyl (C=O) groups is 1. The van der Waals surface area contributed by atoms with E-state index < -0.39 is 11.6 Å². The minimum atomic E-state index is -0.968. The zero-order chi connectivity index (χ0) is 17.1. The number of halogens is 2. The maximum Gasteiger partial charge on any atom is 0.224 e. The van der Waals surface area contributed by atoms with Crippen LogP contribution >= 0.6 is 0 Å². The number of ether oxygens (including phenoxy) is 1. The number of hydrogen-bond acceptors (Lipinski definition) is 3. The fraction of sp³-hybridized carbons (Fsp3) is 0.412. The Morgan fingerprint density at radius 3 is 3.04 bits per heavy atom. The molecule has 3 rings (SSSR count). The van der Waals surface area contributed by atoms with Gasteiger partial charge in [-0.2, -0.15) is 5.10 Å². The zero-order valence-electron chi connectivity index (χ0n) is 13.3. The molecule has 2 atom stereocenters. The highest BCUT2D eigenvalue weighted by Crippen LogP contribution is 2.33. The van der Waals surface area contributed by atoms with Crippen molar-refractivity contribution >= 4 is 5.91 Å². The molecular weight excluding hydrogens is 316 g/mol. The van der Waals surface area contributed by atoms with Crippen molar-refractivity contribution in [3.05, 3.63) is 53.4 Å². The smallest absolute Gasteiger partial charge is 0.224 e. The van der Waals surface area contributed by atoms with Crippen molar-refractivity contribution in [1.29, 1.82) is 0 Å². The second kappa shape index (κ2) is 7.09. The van der Waals surface area contributed by atoms with Gasteiger partial charge in [-0.15, -0.1) is 0 Å². The molecule has 128 valence electrons. The number of carbonyl (C=O) groups excluding carboxylic acids is 1. The first kappa shape index (κ1) is 16.6. The van der Waals surface area contributed by atoms with E-state index >= 15 is 0 Å². The molecule has 1 amide bonds. The number of hydrogen-bond donors (Lipinski definition) is 1. The molecule has 1 N–H and O–H groups in total. The molecule has 2 aromatic rings. The number of aromatic nitrogens is 2. The second-order valence-corrected chi connectivity index (χ2v) is 5.98. The molecule has 0 saturated carbocycles. The van der Waals surface area contributed by atoms with Crippen LogP contribution in [0.1, 0.15) is 23.7 Å². The van der Waals surface area contributed by atoms with Gasteiger partial charge in [-0.1, -0.05) is 12.1 Å². The summed E-state index contributed by atoms with van der Waals surface area (Å²) in [6, 6.07) is 3.84. The molecule has 7 heteroatoms. The fourth-order valence-corrected chi connectivity index (χ4v) is 2.96. The van der Waals surface area contributed by atoms with Crippen LogP contribution in [0.3, 0.4) is 0 Å². The lowest BCUT2D eigenvalue weighted by Gasteiger charge is -2.17. The van der Waals surface area contributed by atoms with E-state index in [1.165, 1.54) is 12.1 Å². The highest BCUT2D eigenvalue weighted by atomic mass is 19.2. The summed E-state index contributed by atoms with van der Waals surface area (Å²) < 4.78 is 34.2. The van der Waals surface area contributed by atoms with Crippen LogP contribution in [0.2, 0.25) is 0 Å².